The van der Waals surface area contributed by atoms with Crippen LogP contribution in [0.25, 0.3) is 0 Å². The van der Waals surface area contributed by atoms with Crippen LogP contribution in [0.2, 0.25) is 0 Å². The van der Waals surface area contributed by atoms with E-state index in [4.69, 9.17) is 9.47 Å². The highest BCUT2D eigenvalue weighted by Gasteiger charge is 2.27. The SMILES string of the molecule is COc1ccc([C@@H]2Cn3nnc(C(=O)NCCCN4CCCC4=O)c3CO2)cc1. The Bertz CT molecular complexity index is 879. The van der Waals surface area contributed by atoms with Gasteiger partial charge in [-0.25, -0.2) is 4.68 Å². The second-order valence-electron chi connectivity index (χ2n) is 7.23. The normalized spacial score (nSPS) is 18.6. The highest BCUT2D eigenvalue weighted by Crippen LogP contribution is 2.28. The molecule has 0 bridgehead atoms. The number of methoxy groups -OCH3 is 1. The smallest absolute Gasteiger partial charge is 0.273 e. The first-order chi connectivity index (χ1) is 14.2. The van der Waals surface area contributed by atoms with Gasteiger partial charge < -0.3 is 19.7 Å². The van der Waals surface area contributed by atoms with E-state index in [1.807, 2.05) is 29.2 Å². The van der Waals surface area contributed by atoms with Gasteiger partial charge in [0.1, 0.15) is 11.9 Å². The number of amides is 2. The molecule has 1 fully saturated rings. The van der Waals surface area contributed by atoms with Gasteiger partial charge in [-0.3, -0.25) is 9.59 Å². The average Bonchev–Trinajstić information content (AvgIpc) is 3.36. The Morgan fingerprint density at radius 1 is 1.34 bits per heavy atom. The minimum absolute atomic E-state index is 0.149. The van der Waals surface area contributed by atoms with Gasteiger partial charge in [0, 0.05) is 26.1 Å². The number of carbonyl (C=O) groups excluding carboxylic acids is 2. The van der Waals surface area contributed by atoms with Crippen LogP contribution in [0.3, 0.4) is 0 Å². The fraction of sp³-hybridized carbons (Fsp3) is 0.500. The highest BCUT2D eigenvalue weighted by molar-refractivity contribution is 5.93. The lowest BCUT2D eigenvalue weighted by atomic mass is 10.1. The third kappa shape index (κ3) is 4.24. The van der Waals surface area contributed by atoms with Gasteiger partial charge in [-0.2, -0.15) is 0 Å². The van der Waals surface area contributed by atoms with Crippen molar-refractivity contribution in [2.45, 2.75) is 38.5 Å². The molecule has 1 saturated heterocycles. The van der Waals surface area contributed by atoms with E-state index in [1.54, 1.807) is 11.8 Å². The summed E-state index contributed by atoms with van der Waals surface area (Å²) in [5, 5.41) is 11.1. The molecule has 1 atom stereocenters. The maximum absolute atomic E-state index is 12.5. The molecular formula is C20H25N5O4. The third-order valence-electron chi connectivity index (χ3n) is 5.36. The summed E-state index contributed by atoms with van der Waals surface area (Å²) in [6.07, 6.45) is 2.13. The van der Waals surface area contributed by atoms with Crippen molar-refractivity contribution in [3.8, 4) is 5.75 Å². The molecule has 2 aromatic rings. The number of rotatable bonds is 7. The number of hydrogen-bond donors (Lipinski definition) is 1. The number of likely N-dealkylation sites (tertiary alicyclic amines) is 1. The zero-order chi connectivity index (χ0) is 20.2. The summed E-state index contributed by atoms with van der Waals surface area (Å²) in [5.74, 6) is 0.733. The minimum atomic E-state index is -0.259. The number of carbonyl (C=O) groups is 2. The molecule has 2 aliphatic heterocycles. The number of nitrogens with zero attached hydrogens (tertiary/aromatic N) is 4. The van der Waals surface area contributed by atoms with E-state index in [0.717, 1.165) is 30.7 Å². The Morgan fingerprint density at radius 2 is 2.17 bits per heavy atom. The lowest BCUT2D eigenvalue weighted by molar-refractivity contribution is -0.127. The van der Waals surface area contributed by atoms with E-state index >= 15 is 0 Å². The first-order valence-corrected chi connectivity index (χ1v) is 9.89. The topological polar surface area (TPSA) is 98.6 Å². The van der Waals surface area contributed by atoms with Crippen LogP contribution < -0.4 is 10.1 Å². The van der Waals surface area contributed by atoms with Crippen LogP contribution >= 0.6 is 0 Å². The van der Waals surface area contributed by atoms with Crippen molar-refractivity contribution in [1.82, 2.24) is 25.2 Å². The van der Waals surface area contributed by atoms with Crippen LogP contribution in [0, 0.1) is 0 Å². The maximum atomic E-state index is 12.5. The number of ether oxygens (including phenoxy) is 2. The van der Waals surface area contributed by atoms with E-state index in [2.05, 4.69) is 15.6 Å². The van der Waals surface area contributed by atoms with Crippen molar-refractivity contribution in [3.63, 3.8) is 0 Å². The largest absolute Gasteiger partial charge is 0.497 e. The van der Waals surface area contributed by atoms with Gasteiger partial charge in [0.25, 0.3) is 5.91 Å². The van der Waals surface area contributed by atoms with Crippen LogP contribution in [0.5, 0.6) is 5.75 Å². The molecule has 3 heterocycles. The summed E-state index contributed by atoms with van der Waals surface area (Å²) >= 11 is 0. The van der Waals surface area contributed by atoms with Crippen LogP contribution in [-0.4, -0.2) is 58.5 Å². The zero-order valence-corrected chi connectivity index (χ0v) is 16.5. The molecule has 9 heteroatoms. The number of fused-ring (bicyclic) bond motifs is 1. The molecule has 0 unspecified atom stereocenters. The molecule has 0 spiro atoms. The molecule has 1 aromatic heterocycles. The number of hydrogen-bond acceptors (Lipinski definition) is 6. The van der Waals surface area contributed by atoms with Crippen molar-refractivity contribution in [3.05, 3.63) is 41.2 Å². The lowest BCUT2D eigenvalue weighted by Gasteiger charge is -2.24. The maximum Gasteiger partial charge on any atom is 0.273 e. The third-order valence-corrected chi connectivity index (χ3v) is 5.36. The molecule has 29 heavy (non-hydrogen) atoms. The summed E-state index contributed by atoms with van der Waals surface area (Å²) in [5.41, 5.74) is 2.01. The van der Waals surface area contributed by atoms with E-state index in [9.17, 15) is 9.59 Å². The molecule has 2 aliphatic rings. The van der Waals surface area contributed by atoms with Crippen LogP contribution in [-0.2, 0) is 22.7 Å². The molecule has 4 rings (SSSR count). The Labute approximate surface area is 169 Å². The summed E-state index contributed by atoms with van der Waals surface area (Å²) in [4.78, 5) is 25.9. The monoisotopic (exact) mass is 399 g/mol. The van der Waals surface area contributed by atoms with Gasteiger partial charge in [0.15, 0.2) is 5.69 Å². The predicted octanol–water partition coefficient (Wildman–Crippen LogP) is 1.30. The first-order valence-electron chi connectivity index (χ1n) is 9.89. The molecule has 1 aromatic carbocycles. The summed E-state index contributed by atoms with van der Waals surface area (Å²) in [6, 6.07) is 7.71. The Balaban J connectivity index is 1.31. The second kappa shape index (κ2) is 8.60. The molecule has 154 valence electrons. The van der Waals surface area contributed by atoms with E-state index in [1.165, 1.54) is 0 Å². The molecule has 9 nitrogen and oxygen atoms in total. The molecule has 0 aliphatic carbocycles. The molecule has 0 radical (unpaired) electrons. The molecule has 0 saturated carbocycles. The quantitative estimate of drug-likeness (QED) is 0.705. The lowest BCUT2D eigenvalue weighted by Crippen LogP contribution is -2.31. The summed E-state index contributed by atoms with van der Waals surface area (Å²) < 4.78 is 12.9. The summed E-state index contributed by atoms with van der Waals surface area (Å²) in [6.45, 7) is 2.75. The van der Waals surface area contributed by atoms with Gasteiger partial charge >= 0.3 is 0 Å². The summed E-state index contributed by atoms with van der Waals surface area (Å²) in [7, 11) is 1.63. The fourth-order valence-corrected chi connectivity index (χ4v) is 3.70. The fourth-order valence-electron chi connectivity index (χ4n) is 3.70. The number of nitrogens with one attached hydrogen (secondary N) is 1. The standard InChI is InChI=1S/C20H25N5O4/c1-28-15-7-5-14(6-8-15)17-12-25-16(13-29-17)19(22-23-25)20(27)21-9-3-11-24-10-2-4-18(24)26/h5-8,17H,2-4,9-13H2,1H3,(H,21,27)/t17-/m0/s1. The van der Waals surface area contributed by atoms with Crippen LogP contribution in [0.15, 0.2) is 24.3 Å². The average molecular weight is 399 g/mol. The van der Waals surface area contributed by atoms with Gasteiger partial charge in [0.05, 0.1) is 26.0 Å². The van der Waals surface area contributed by atoms with Gasteiger partial charge in [0.2, 0.25) is 5.91 Å². The van der Waals surface area contributed by atoms with Gasteiger partial charge in [-0.1, -0.05) is 17.3 Å². The van der Waals surface area contributed by atoms with Crippen molar-refractivity contribution < 1.29 is 19.1 Å². The van der Waals surface area contributed by atoms with Crippen molar-refractivity contribution in [1.29, 1.82) is 0 Å². The Hall–Kier alpha value is -2.94. The van der Waals surface area contributed by atoms with E-state index in [-0.39, 0.29) is 24.5 Å². The Morgan fingerprint density at radius 3 is 2.90 bits per heavy atom. The first kappa shape index (κ1) is 19.4. The van der Waals surface area contributed by atoms with Crippen LogP contribution in [0.1, 0.15) is 47.1 Å². The zero-order valence-electron chi connectivity index (χ0n) is 16.5. The van der Waals surface area contributed by atoms with Crippen molar-refractivity contribution >= 4 is 11.8 Å². The predicted molar refractivity (Wildman–Crippen MR) is 103 cm³/mol. The van der Waals surface area contributed by atoms with E-state index in [0.29, 0.717) is 37.4 Å². The van der Waals surface area contributed by atoms with Crippen molar-refractivity contribution in [2.75, 3.05) is 26.7 Å². The number of aromatic nitrogens is 3. The van der Waals surface area contributed by atoms with E-state index < -0.39 is 0 Å². The molecule has 1 N–H and O–H groups in total. The number of benzene rings is 1. The Kier molecular flexibility index (Phi) is 5.75. The molecule has 2 amide bonds. The second-order valence-corrected chi connectivity index (χ2v) is 7.23. The molecular weight excluding hydrogens is 374 g/mol. The minimum Gasteiger partial charge on any atom is -0.497 e. The highest BCUT2D eigenvalue weighted by atomic mass is 16.5. The van der Waals surface area contributed by atoms with Gasteiger partial charge in [-0.05, 0) is 30.5 Å². The van der Waals surface area contributed by atoms with Crippen LogP contribution in [0.4, 0.5) is 0 Å². The van der Waals surface area contributed by atoms with Crippen molar-refractivity contribution in [2.24, 2.45) is 0 Å². The van der Waals surface area contributed by atoms with Gasteiger partial charge in [-0.15, -0.1) is 5.10 Å².